The van der Waals surface area contributed by atoms with E-state index in [9.17, 15) is 58.4 Å². The predicted molar refractivity (Wildman–Crippen MR) is 139 cm³/mol. The number of ether oxygens (including phenoxy) is 2. The molecule has 2 aromatic rings. The molecule has 2 unspecified atom stereocenters. The molecule has 0 spiro atoms. The van der Waals surface area contributed by atoms with Gasteiger partial charge in [-0.05, 0) is 12.1 Å². The average molecular weight is 729 g/mol. The summed E-state index contributed by atoms with van der Waals surface area (Å²) in [6.07, 6.45) is -7.96. The van der Waals surface area contributed by atoms with Crippen LogP contribution in [0.1, 0.15) is 33.2 Å². The molecule has 25 heteroatoms. The van der Waals surface area contributed by atoms with Crippen LogP contribution in [-0.4, -0.2) is 82.1 Å². The molecule has 47 heavy (non-hydrogen) atoms. The molecule has 2 fully saturated rings. The second-order valence-corrected chi connectivity index (χ2v) is 14.5. The molecular formula is C22H28N4O18P3-. The largest absolute Gasteiger partial charge is 0.756 e. The Bertz CT molecular complexity index is 1520. The Kier molecular flexibility index (Phi) is 11.5. The number of carbonyl (C=O) groups excluding carboxylic acids is 2. The number of aliphatic hydroxyl groups is 4. The number of nitrogens with two attached hydrogens (primary N) is 2. The Hall–Kier alpha value is -2.59. The summed E-state index contributed by atoms with van der Waals surface area (Å²) in [6, 6.07) is 5.42. The summed E-state index contributed by atoms with van der Waals surface area (Å²) in [5.41, 5.74) is 10.4. The van der Waals surface area contributed by atoms with Gasteiger partial charge in [-0.1, -0.05) is 0 Å². The minimum absolute atomic E-state index is 0.000809. The number of aliphatic hydroxyl groups excluding tert-OH is 4. The number of nitrogens with zero attached hydrogens (tertiary/aromatic N) is 2. The van der Waals surface area contributed by atoms with Crippen LogP contribution in [0.3, 0.4) is 0 Å². The van der Waals surface area contributed by atoms with Gasteiger partial charge in [0.05, 0.1) is 13.2 Å². The topological polar surface area (TPSA) is 351 Å². The third-order valence-corrected chi connectivity index (χ3v) is 10.8. The zero-order valence-corrected chi connectivity index (χ0v) is 26.2. The second-order valence-electron chi connectivity index (χ2n) is 10.00. The van der Waals surface area contributed by atoms with Gasteiger partial charge in [0.25, 0.3) is 47.7 Å². The van der Waals surface area contributed by atoms with Crippen molar-refractivity contribution in [2.75, 3.05) is 13.2 Å². The number of aromatic nitrogens is 2. The number of pyridine rings is 2. The molecular weight excluding hydrogens is 701 g/mol. The summed E-state index contributed by atoms with van der Waals surface area (Å²) in [4.78, 5) is 59.2. The van der Waals surface area contributed by atoms with Crippen LogP contribution in [0.15, 0.2) is 49.1 Å². The molecule has 2 aliphatic rings. The fourth-order valence-corrected chi connectivity index (χ4v) is 7.84. The lowest BCUT2D eigenvalue weighted by molar-refractivity contribution is -0.766. The number of hydrogen-bond acceptors (Lipinski definition) is 18. The van der Waals surface area contributed by atoms with E-state index in [0.29, 0.717) is 0 Å². The maximum atomic E-state index is 12.2. The summed E-state index contributed by atoms with van der Waals surface area (Å²) in [5, 5.41) is 41.2. The SMILES string of the molecule is NC(=O)c1ccc[n+]([C@H]2O[C@H](COP(=O)([O-])OP(=O)([O-])OP(=O)([O-])OC[C@H]3O[C@H]([n+]4cccc(C(N)=O)c4)[C@H](O)[C@@H]3O)[C@@H](O)[C@H]2O)c1. The van der Waals surface area contributed by atoms with Crippen molar-refractivity contribution < 1.29 is 94.7 Å². The van der Waals surface area contributed by atoms with Gasteiger partial charge in [-0.3, -0.25) is 23.3 Å². The van der Waals surface area contributed by atoms with Crippen LogP contribution < -0.4 is 35.3 Å². The average Bonchev–Trinajstić information content (AvgIpc) is 3.43. The van der Waals surface area contributed by atoms with Crippen molar-refractivity contribution in [2.45, 2.75) is 49.1 Å². The van der Waals surface area contributed by atoms with Crippen molar-refractivity contribution in [1.82, 2.24) is 0 Å². The first-order valence-corrected chi connectivity index (χ1v) is 17.5. The van der Waals surface area contributed by atoms with Crippen LogP contribution in [-0.2, 0) is 40.8 Å². The van der Waals surface area contributed by atoms with E-state index >= 15 is 0 Å². The van der Waals surface area contributed by atoms with Gasteiger partial charge >= 0.3 is 0 Å². The van der Waals surface area contributed by atoms with Crippen LogP contribution in [0.4, 0.5) is 0 Å². The molecule has 0 bridgehead atoms. The number of amides is 2. The zero-order chi connectivity index (χ0) is 34.9. The van der Waals surface area contributed by atoms with Crippen molar-refractivity contribution in [3.8, 4) is 0 Å². The van der Waals surface area contributed by atoms with E-state index in [2.05, 4.69) is 17.7 Å². The van der Waals surface area contributed by atoms with Crippen molar-refractivity contribution in [3.05, 3.63) is 60.2 Å². The Morgan fingerprint density at radius 2 is 1.06 bits per heavy atom. The molecule has 2 aliphatic heterocycles. The first kappa shape index (κ1) is 37.2. The Morgan fingerprint density at radius 3 is 1.40 bits per heavy atom. The monoisotopic (exact) mass is 729 g/mol. The summed E-state index contributed by atoms with van der Waals surface area (Å²) in [7, 11) is -18.2. The van der Waals surface area contributed by atoms with Gasteiger partial charge in [0, 0.05) is 12.1 Å². The molecule has 0 aliphatic carbocycles. The van der Waals surface area contributed by atoms with E-state index in [-0.39, 0.29) is 11.1 Å². The molecule has 260 valence electrons. The highest BCUT2D eigenvalue weighted by molar-refractivity contribution is 7.65. The Balaban J connectivity index is 1.31. The normalized spacial score (nSPS) is 31.5. The van der Waals surface area contributed by atoms with Gasteiger partial charge in [0.15, 0.2) is 37.0 Å². The quantitative estimate of drug-likeness (QED) is 0.0782. The van der Waals surface area contributed by atoms with Crippen LogP contribution in [0.25, 0.3) is 0 Å². The van der Waals surface area contributed by atoms with Crippen molar-refractivity contribution in [3.63, 3.8) is 0 Å². The minimum atomic E-state index is -6.32. The van der Waals surface area contributed by atoms with E-state index in [0.717, 1.165) is 9.13 Å². The third kappa shape index (κ3) is 9.31. The fourth-order valence-electron chi connectivity index (χ4n) is 4.46. The van der Waals surface area contributed by atoms with E-state index in [1.165, 1.54) is 49.1 Å². The maximum absolute atomic E-state index is 12.2. The van der Waals surface area contributed by atoms with Crippen molar-refractivity contribution >= 4 is 35.3 Å². The third-order valence-electron chi connectivity index (χ3n) is 6.67. The molecule has 8 N–H and O–H groups in total. The lowest BCUT2D eigenvalue weighted by Gasteiger charge is -2.34. The van der Waals surface area contributed by atoms with Crippen LogP contribution in [0.5, 0.6) is 0 Å². The molecule has 2 saturated heterocycles. The maximum Gasteiger partial charge on any atom is 0.292 e. The molecule has 0 aromatic carbocycles. The summed E-state index contributed by atoms with van der Waals surface area (Å²) >= 11 is 0. The minimum Gasteiger partial charge on any atom is -0.756 e. The molecule has 22 nitrogen and oxygen atoms in total. The molecule has 0 radical (unpaired) electrons. The lowest BCUT2D eigenvalue weighted by Crippen LogP contribution is -2.46. The van der Waals surface area contributed by atoms with Crippen LogP contribution >= 0.6 is 23.5 Å². The first-order valence-electron chi connectivity index (χ1n) is 13.1. The zero-order valence-electron chi connectivity index (χ0n) is 23.5. The molecule has 4 rings (SSSR count). The van der Waals surface area contributed by atoms with E-state index < -0.39 is 97.6 Å². The van der Waals surface area contributed by atoms with E-state index in [1.807, 2.05) is 0 Å². The number of phosphoric ester groups is 2. The van der Waals surface area contributed by atoms with Gasteiger partial charge in [-0.25, -0.2) is 8.62 Å². The number of hydrogen-bond donors (Lipinski definition) is 6. The Labute approximate surface area is 264 Å². The fraction of sp³-hybridized carbons (Fsp3) is 0.455. The van der Waals surface area contributed by atoms with Gasteiger partial charge < -0.3 is 65.1 Å². The van der Waals surface area contributed by atoms with E-state index in [1.54, 1.807) is 0 Å². The molecule has 4 heterocycles. The molecule has 0 saturated carbocycles. The van der Waals surface area contributed by atoms with Gasteiger partial charge in [-0.2, -0.15) is 9.13 Å². The number of primary amides is 2. The second kappa shape index (κ2) is 14.5. The standard InChI is InChI=1S/C22H29N4O18P3/c23-19(31)11-3-1-5-25(7-11)21-17(29)15(27)13(41-21)9-39-45(33,34)43-47(37,38)44-46(35,36)40-10-14-16(28)18(30)22(42-14)26-6-2-4-12(8-26)20(24)32/h1-8,13-18,21-22,27-30H,9-10H2,(H5-2,23,24,31,32,33,34,35,36,37,38)/p-1/t13-,14-,15-,16-,17-,18-,21+,22+/m1/s1. The highest BCUT2D eigenvalue weighted by Gasteiger charge is 2.50. The molecule has 2 aromatic heterocycles. The summed E-state index contributed by atoms with van der Waals surface area (Å²) < 4.78 is 65.7. The van der Waals surface area contributed by atoms with Gasteiger partial charge in [-0.15, -0.1) is 0 Å². The van der Waals surface area contributed by atoms with Crippen LogP contribution in [0.2, 0.25) is 0 Å². The molecule has 2 amide bonds. The van der Waals surface area contributed by atoms with Crippen molar-refractivity contribution in [2.24, 2.45) is 11.5 Å². The summed E-state index contributed by atoms with van der Waals surface area (Å²) in [6.45, 7) is -2.28. The van der Waals surface area contributed by atoms with E-state index in [4.69, 9.17) is 20.9 Å². The number of carbonyl (C=O) groups is 2. The smallest absolute Gasteiger partial charge is 0.292 e. The first-order chi connectivity index (χ1) is 21.8. The van der Waals surface area contributed by atoms with Gasteiger partial charge in [0.2, 0.25) is 0 Å². The van der Waals surface area contributed by atoms with Crippen molar-refractivity contribution in [1.29, 1.82) is 0 Å². The Morgan fingerprint density at radius 1 is 0.702 bits per heavy atom. The molecule has 10 atom stereocenters. The summed E-state index contributed by atoms with van der Waals surface area (Å²) in [5.74, 6) is -1.65. The highest BCUT2D eigenvalue weighted by Crippen LogP contribution is 2.63. The highest BCUT2D eigenvalue weighted by atomic mass is 31.3. The van der Waals surface area contributed by atoms with Gasteiger partial charge in [0.1, 0.15) is 35.5 Å². The lowest BCUT2D eigenvalue weighted by atomic mass is 10.1. The predicted octanol–water partition coefficient (Wildman–Crippen LogP) is -5.13. The number of phosphoric acid groups is 3. The van der Waals surface area contributed by atoms with Crippen LogP contribution in [0, 0.1) is 0 Å². The number of rotatable bonds is 14.